The maximum Gasteiger partial charge on any atom is 0.222 e. The summed E-state index contributed by atoms with van der Waals surface area (Å²) in [6, 6.07) is 7.81. The average Bonchev–Trinajstić information content (AvgIpc) is 2.58. The molecule has 3 rings (SSSR count). The number of carbonyl (C=O) groups is 1. The molecule has 0 radical (unpaired) electrons. The third-order valence-corrected chi connectivity index (χ3v) is 4.33. The third-order valence-electron chi connectivity index (χ3n) is 4.33. The highest BCUT2D eigenvalue weighted by molar-refractivity contribution is 5.89. The fourth-order valence-electron chi connectivity index (χ4n) is 3.30. The van der Waals surface area contributed by atoms with E-state index in [0.29, 0.717) is 30.9 Å². The maximum atomic E-state index is 11.3. The van der Waals surface area contributed by atoms with Crippen LogP contribution in [0.2, 0.25) is 0 Å². The summed E-state index contributed by atoms with van der Waals surface area (Å²) < 4.78 is 11.8. The van der Waals surface area contributed by atoms with E-state index in [1.807, 2.05) is 24.3 Å². The first-order valence-corrected chi connectivity index (χ1v) is 9.09. The van der Waals surface area contributed by atoms with Gasteiger partial charge in [-0.15, -0.1) is 0 Å². The van der Waals surface area contributed by atoms with Crippen LogP contribution in [0.1, 0.15) is 39.7 Å². The Hall–Kier alpha value is -2.56. The average molecular weight is 354 g/mol. The van der Waals surface area contributed by atoms with Crippen LogP contribution >= 0.6 is 0 Å². The molecule has 0 saturated heterocycles. The number of nitrogens with zero attached hydrogens (tertiary/aromatic N) is 1. The minimum atomic E-state index is -0.135. The second kappa shape index (κ2) is 7.77. The summed E-state index contributed by atoms with van der Waals surface area (Å²) in [5, 5.41) is 2.73. The van der Waals surface area contributed by atoms with E-state index >= 15 is 0 Å². The Balaban J connectivity index is 1.78. The summed E-state index contributed by atoms with van der Waals surface area (Å²) in [5.74, 6) is 3.21. The van der Waals surface area contributed by atoms with Crippen LogP contribution in [-0.4, -0.2) is 17.5 Å². The normalized spacial score (nSPS) is 13.4. The van der Waals surface area contributed by atoms with Crippen molar-refractivity contribution in [2.24, 2.45) is 11.8 Å². The molecule has 1 amide bonds. The molecule has 0 unspecified atom stereocenters. The Kier molecular flexibility index (Phi) is 5.45. The first-order valence-electron chi connectivity index (χ1n) is 9.09. The molecule has 138 valence electrons. The number of amides is 1. The molecule has 0 bridgehead atoms. The number of pyridine rings is 1. The summed E-state index contributed by atoms with van der Waals surface area (Å²) in [6.07, 6.45) is 2.90. The molecule has 2 aromatic rings. The Morgan fingerprint density at radius 2 is 2.08 bits per heavy atom. The van der Waals surface area contributed by atoms with Crippen molar-refractivity contribution in [3.8, 4) is 22.6 Å². The minimum absolute atomic E-state index is 0.135. The SMILES string of the molecule is CC(=O)Nc1cc2c(cn1)COc1cc(OC[C@H](C)CC(C)C)ccc1-2. The van der Waals surface area contributed by atoms with Crippen LogP contribution in [0.4, 0.5) is 5.82 Å². The van der Waals surface area contributed by atoms with E-state index in [2.05, 4.69) is 31.1 Å². The van der Waals surface area contributed by atoms with E-state index in [4.69, 9.17) is 9.47 Å². The molecule has 0 spiro atoms. The molecular formula is C21H26N2O3. The molecule has 26 heavy (non-hydrogen) atoms. The van der Waals surface area contributed by atoms with Gasteiger partial charge in [0.2, 0.25) is 5.91 Å². The molecule has 5 heteroatoms. The molecule has 2 heterocycles. The number of rotatable bonds is 6. The van der Waals surface area contributed by atoms with Crippen LogP contribution in [0, 0.1) is 11.8 Å². The quantitative estimate of drug-likeness (QED) is 0.819. The Morgan fingerprint density at radius 3 is 2.81 bits per heavy atom. The molecule has 1 aromatic heterocycles. The van der Waals surface area contributed by atoms with E-state index in [1.54, 1.807) is 6.20 Å². The summed E-state index contributed by atoms with van der Waals surface area (Å²) >= 11 is 0. The van der Waals surface area contributed by atoms with Crippen molar-refractivity contribution in [1.82, 2.24) is 4.98 Å². The molecule has 1 aliphatic rings. The van der Waals surface area contributed by atoms with Gasteiger partial charge in [-0.3, -0.25) is 4.79 Å². The monoisotopic (exact) mass is 354 g/mol. The van der Waals surface area contributed by atoms with Crippen LogP contribution < -0.4 is 14.8 Å². The second-order valence-corrected chi connectivity index (χ2v) is 7.40. The first kappa shape index (κ1) is 18.2. The predicted octanol–water partition coefficient (Wildman–Crippen LogP) is 4.66. The van der Waals surface area contributed by atoms with Gasteiger partial charge in [0.1, 0.15) is 23.9 Å². The van der Waals surface area contributed by atoms with Crippen molar-refractivity contribution in [2.45, 2.75) is 40.7 Å². The van der Waals surface area contributed by atoms with Gasteiger partial charge in [-0.2, -0.15) is 0 Å². The van der Waals surface area contributed by atoms with Crippen molar-refractivity contribution in [3.63, 3.8) is 0 Å². The molecule has 1 N–H and O–H groups in total. The highest BCUT2D eigenvalue weighted by Gasteiger charge is 2.19. The van der Waals surface area contributed by atoms with Crippen molar-refractivity contribution in [1.29, 1.82) is 0 Å². The van der Waals surface area contributed by atoms with Crippen LogP contribution in [0.15, 0.2) is 30.5 Å². The maximum absolute atomic E-state index is 11.3. The zero-order valence-electron chi connectivity index (χ0n) is 15.8. The molecule has 1 atom stereocenters. The summed E-state index contributed by atoms with van der Waals surface area (Å²) in [4.78, 5) is 15.5. The predicted molar refractivity (Wildman–Crippen MR) is 102 cm³/mol. The summed E-state index contributed by atoms with van der Waals surface area (Å²) in [5.41, 5.74) is 3.03. The lowest BCUT2D eigenvalue weighted by atomic mass is 9.98. The fraction of sp³-hybridized carbons (Fsp3) is 0.429. The highest BCUT2D eigenvalue weighted by Crippen LogP contribution is 2.40. The zero-order chi connectivity index (χ0) is 18.7. The molecule has 0 saturated carbocycles. The number of ether oxygens (including phenoxy) is 2. The Bertz CT molecular complexity index is 802. The van der Waals surface area contributed by atoms with E-state index in [0.717, 1.165) is 34.6 Å². The smallest absolute Gasteiger partial charge is 0.222 e. The van der Waals surface area contributed by atoms with Crippen LogP contribution in [0.25, 0.3) is 11.1 Å². The van der Waals surface area contributed by atoms with Crippen molar-refractivity contribution < 1.29 is 14.3 Å². The van der Waals surface area contributed by atoms with Crippen molar-refractivity contribution in [2.75, 3.05) is 11.9 Å². The molecule has 1 aromatic carbocycles. The number of fused-ring (bicyclic) bond motifs is 3. The van der Waals surface area contributed by atoms with Crippen molar-refractivity contribution in [3.05, 3.63) is 36.0 Å². The lowest BCUT2D eigenvalue weighted by Crippen LogP contribution is -2.12. The first-order chi connectivity index (χ1) is 12.4. The second-order valence-electron chi connectivity index (χ2n) is 7.40. The van der Waals surface area contributed by atoms with Gasteiger partial charge in [-0.1, -0.05) is 20.8 Å². The Labute approximate surface area is 154 Å². The molecule has 0 aliphatic carbocycles. The fourth-order valence-corrected chi connectivity index (χ4v) is 3.30. The molecule has 0 fully saturated rings. The minimum Gasteiger partial charge on any atom is -0.493 e. The lowest BCUT2D eigenvalue weighted by Gasteiger charge is -2.22. The van der Waals surface area contributed by atoms with E-state index in [1.165, 1.54) is 6.92 Å². The van der Waals surface area contributed by atoms with Gasteiger partial charge in [0.25, 0.3) is 0 Å². The number of carbonyl (C=O) groups excluding carboxylic acids is 1. The van der Waals surface area contributed by atoms with E-state index < -0.39 is 0 Å². The Morgan fingerprint density at radius 1 is 1.27 bits per heavy atom. The number of benzene rings is 1. The van der Waals surface area contributed by atoms with Gasteiger partial charge >= 0.3 is 0 Å². The van der Waals surface area contributed by atoms with Crippen LogP contribution in [-0.2, 0) is 11.4 Å². The number of hydrogen-bond donors (Lipinski definition) is 1. The summed E-state index contributed by atoms with van der Waals surface area (Å²) in [6.45, 7) is 9.30. The van der Waals surface area contributed by atoms with Crippen molar-refractivity contribution >= 4 is 11.7 Å². The highest BCUT2D eigenvalue weighted by atomic mass is 16.5. The zero-order valence-corrected chi connectivity index (χ0v) is 15.8. The van der Waals surface area contributed by atoms with Gasteiger partial charge in [0, 0.05) is 30.3 Å². The van der Waals surface area contributed by atoms with E-state index in [-0.39, 0.29) is 5.91 Å². The topological polar surface area (TPSA) is 60.5 Å². The third kappa shape index (κ3) is 4.34. The molecular weight excluding hydrogens is 328 g/mol. The van der Waals surface area contributed by atoms with Gasteiger partial charge in [-0.25, -0.2) is 4.98 Å². The van der Waals surface area contributed by atoms with Gasteiger partial charge in [-0.05, 0) is 42.0 Å². The van der Waals surface area contributed by atoms with Crippen LogP contribution in [0.3, 0.4) is 0 Å². The van der Waals surface area contributed by atoms with E-state index in [9.17, 15) is 4.79 Å². The number of aromatic nitrogens is 1. The number of nitrogens with one attached hydrogen (secondary N) is 1. The van der Waals surface area contributed by atoms with Gasteiger partial charge < -0.3 is 14.8 Å². The largest absolute Gasteiger partial charge is 0.493 e. The van der Waals surface area contributed by atoms with Crippen LogP contribution in [0.5, 0.6) is 11.5 Å². The number of anilines is 1. The number of hydrogen-bond acceptors (Lipinski definition) is 4. The molecule has 1 aliphatic heterocycles. The molecule has 5 nitrogen and oxygen atoms in total. The van der Waals surface area contributed by atoms with Gasteiger partial charge in [0.15, 0.2) is 0 Å². The lowest BCUT2D eigenvalue weighted by molar-refractivity contribution is -0.114. The summed E-state index contributed by atoms with van der Waals surface area (Å²) in [7, 11) is 0. The standard InChI is InChI=1S/C21H26N2O3/c1-13(2)7-14(3)11-25-17-5-6-18-19-9-21(23-15(4)24)22-10-16(19)12-26-20(18)8-17/h5-6,8-10,13-14H,7,11-12H2,1-4H3,(H,22,23,24)/t14-/m1/s1. The van der Waals surface area contributed by atoms with Gasteiger partial charge in [0.05, 0.1) is 6.61 Å².